The highest BCUT2D eigenvalue weighted by atomic mass is 16.5. The molecule has 23 heavy (non-hydrogen) atoms. The normalized spacial score (nSPS) is 10.8. The van der Waals surface area contributed by atoms with Crippen LogP contribution in [-0.2, 0) is 0 Å². The molecule has 0 saturated carbocycles. The van der Waals surface area contributed by atoms with Gasteiger partial charge in [-0.2, -0.15) is 0 Å². The zero-order chi connectivity index (χ0) is 16.7. The molecule has 7 heteroatoms. The first-order valence-electron chi connectivity index (χ1n) is 6.50. The van der Waals surface area contributed by atoms with Crippen LogP contribution in [0.25, 0.3) is 22.1 Å². The second-order valence-corrected chi connectivity index (χ2v) is 4.83. The van der Waals surface area contributed by atoms with Crippen LogP contribution in [0.1, 0.15) is 0 Å². The molecule has 0 saturated heterocycles. The lowest BCUT2D eigenvalue weighted by Gasteiger charge is -2.08. The van der Waals surface area contributed by atoms with Crippen molar-refractivity contribution in [2.45, 2.75) is 0 Å². The number of phenols is 4. The monoisotopic (exact) mass is 316 g/mol. The second kappa shape index (κ2) is 5.13. The van der Waals surface area contributed by atoms with Crippen molar-refractivity contribution in [2.24, 2.45) is 0 Å². The quantitative estimate of drug-likeness (QED) is 0.423. The van der Waals surface area contributed by atoms with E-state index in [9.17, 15) is 25.2 Å². The maximum atomic E-state index is 12.6. The molecule has 1 aromatic heterocycles. The Morgan fingerprint density at radius 1 is 1.00 bits per heavy atom. The van der Waals surface area contributed by atoms with E-state index in [1.54, 1.807) is 0 Å². The summed E-state index contributed by atoms with van der Waals surface area (Å²) in [6.07, 6.45) is 1.07. The zero-order valence-electron chi connectivity index (χ0n) is 11.9. The number of fused-ring (bicyclic) bond motifs is 1. The third kappa shape index (κ3) is 2.18. The standard InChI is InChI=1S/C16H12O7/c1-22-12-3-2-7(4-9(12)17)8-6-23-16-13(14(8)20)10(18)5-11(19)15(16)21/h2-6,17-19,21H,1H3. The molecule has 0 aliphatic heterocycles. The van der Waals surface area contributed by atoms with E-state index in [4.69, 9.17) is 9.15 Å². The number of phenolic OH excluding ortho intramolecular Hbond substituents is 4. The van der Waals surface area contributed by atoms with E-state index in [1.165, 1.54) is 25.3 Å². The molecule has 0 fully saturated rings. The fourth-order valence-electron chi connectivity index (χ4n) is 2.32. The van der Waals surface area contributed by atoms with Gasteiger partial charge in [-0.3, -0.25) is 4.79 Å². The van der Waals surface area contributed by atoms with Crippen molar-refractivity contribution in [1.82, 2.24) is 0 Å². The Kier molecular flexibility index (Phi) is 3.25. The van der Waals surface area contributed by atoms with Crippen LogP contribution in [0.5, 0.6) is 28.7 Å². The minimum atomic E-state index is -0.640. The van der Waals surface area contributed by atoms with Crippen LogP contribution in [0.4, 0.5) is 0 Å². The first-order valence-corrected chi connectivity index (χ1v) is 6.50. The summed E-state index contributed by atoms with van der Waals surface area (Å²) in [7, 11) is 1.40. The molecule has 0 radical (unpaired) electrons. The fourth-order valence-corrected chi connectivity index (χ4v) is 2.32. The Hall–Kier alpha value is -3.35. The highest BCUT2D eigenvalue weighted by Gasteiger charge is 2.19. The molecule has 0 unspecified atom stereocenters. The SMILES string of the molecule is COc1ccc(-c2coc3c(O)c(O)cc(O)c3c2=O)cc1O. The molecule has 0 spiro atoms. The Morgan fingerprint density at radius 2 is 1.74 bits per heavy atom. The van der Waals surface area contributed by atoms with Gasteiger partial charge in [-0.05, 0) is 17.7 Å². The van der Waals surface area contributed by atoms with Crippen molar-refractivity contribution in [3.05, 3.63) is 40.8 Å². The molecular weight excluding hydrogens is 304 g/mol. The van der Waals surface area contributed by atoms with Gasteiger partial charge in [0, 0.05) is 6.07 Å². The van der Waals surface area contributed by atoms with Crippen molar-refractivity contribution in [2.75, 3.05) is 7.11 Å². The molecular formula is C16H12O7. The molecule has 0 aliphatic rings. The van der Waals surface area contributed by atoms with Crippen LogP contribution in [0.2, 0.25) is 0 Å². The lowest BCUT2D eigenvalue weighted by atomic mass is 10.0. The minimum Gasteiger partial charge on any atom is -0.507 e. The van der Waals surface area contributed by atoms with Gasteiger partial charge in [0.15, 0.2) is 22.8 Å². The molecule has 2 aromatic carbocycles. The molecule has 1 heterocycles. The molecule has 118 valence electrons. The van der Waals surface area contributed by atoms with Crippen molar-refractivity contribution >= 4 is 11.0 Å². The first kappa shape index (κ1) is 14.6. The van der Waals surface area contributed by atoms with Crippen LogP contribution < -0.4 is 10.2 Å². The van der Waals surface area contributed by atoms with E-state index in [0.29, 0.717) is 5.56 Å². The average molecular weight is 316 g/mol. The molecule has 0 atom stereocenters. The van der Waals surface area contributed by atoms with Gasteiger partial charge in [0.1, 0.15) is 17.4 Å². The molecule has 0 bridgehead atoms. The summed E-state index contributed by atoms with van der Waals surface area (Å²) in [6.45, 7) is 0. The zero-order valence-corrected chi connectivity index (χ0v) is 11.9. The Morgan fingerprint density at radius 3 is 2.39 bits per heavy atom. The van der Waals surface area contributed by atoms with E-state index in [2.05, 4.69) is 0 Å². The van der Waals surface area contributed by atoms with Crippen LogP contribution in [0.3, 0.4) is 0 Å². The van der Waals surface area contributed by atoms with Crippen molar-refractivity contribution in [3.63, 3.8) is 0 Å². The number of methoxy groups -OCH3 is 1. The summed E-state index contributed by atoms with van der Waals surface area (Å²) in [5.74, 6) is -1.69. The van der Waals surface area contributed by atoms with Gasteiger partial charge in [0.25, 0.3) is 0 Å². The van der Waals surface area contributed by atoms with E-state index in [0.717, 1.165) is 12.3 Å². The molecule has 3 rings (SSSR count). The van der Waals surface area contributed by atoms with Crippen molar-refractivity contribution in [3.8, 4) is 39.9 Å². The second-order valence-electron chi connectivity index (χ2n) is 4.83. The predicted octanol–water partition coefficient (Wildman–Crippen LogP) is 2.29. The van der Waals surface area contributed by atoms with E-state index >= 15 is 0 Å². The van der Waals surface area contributed by atoms with Crippen LogP contribution in [-0.4, -0.2) is 27.5 Å². The third-order valence-electron chi connectivity index (χ3n) is 3.47. The molecule has 0 amide bonds. The van der Waals surface area contributed by atoms with Gasteiger partial charge in [-0.25, -0.2) is 0 Å². The molecule has 4 N–H and O–H groups in total. The van der Waals surface area contributed by atoms with Crippen molar-refractivity contribution in [1.29, 1.82) is 0 Å². The Balaban J connectivity index is 2.30. The van der Waals surface area contributed by atoms with Gasteiger partial charge in [-0.1, -0.05) is 6.07 Å². The minimum absolute atomic E-state index is 0.0656. The summed E-state index contributed by atoms with van der Waals surface area (Å²) < 4.78 is 10.1. The first-order chi connectivity index (χ1) is 10.9. The van der Waals surface area contributed by atoms with Crippen LogP contribution in [0, 0.1) is 0 Å². The highest BCUT2D eigenvalue weighted by Crippen LogP contribution is 2.39. The van der Waals surface area contributed by atoms with Gasteiger partial charge >= 0.3 is 0 Å². The fraction of sp³-hybridized carbons (Fsp3) is 0.0625. The smallest absolute Gasteiger partial charge is 0.204 e. The van der Waals surface area contributed by atoms with Gasteiger partial charge < -0.3 is 29.6 Å². The lowest BCUT2D eigenvalue weighted by Crippen LogP contribution is -2.05. The number of hydrogen-bond acceptors (Lipinski definition) is 7. The summed E-state index contributed by atoms with van der Waals surface area (Å²) in [4.78, 5) is 12.6. The van der Waals surface area contributed by atoms with Crippen LogP contribution >= 0.6 is 0 Å². The van der Waals surface area contributed by atoms with E-state index < -0.39 is 22.7 Å². The Labute approximate surface area is 129 Å². The maximum absolute atomic E-state index is 12.6. The number of ether oxygens (including phenoxy) is 1. The van der Waals surface area contributed by atoms with Gasteiger partial charge in [0.2, 0.25) is 11.2 Å². The molecule has 3 aromatic rings. The third-order valence-corrected chi connectivity index (χ3v) is 3.47. The van der Waals surface area contributed by atoms with Crippen molar-refractivity contribution < 1.29 is 29.6 Å². The number of aromatic hydroxyl groups is 4. The van der Waals surface area contributed by atoms with E-state index in [-0.39, 0.29) is 28.0 Å². The largest absolute Gasteiger partial charge is 0.507 e. The predicted molar refractivity (Wildman–Crippen MR) is 81.1 cm³/mol. The highest BCUT2D eigenvalue weighted by molar-refractivity contribution is 5.92. The lowest BCUT2D eigenvalue weighted by molar-refractivity contribution is 0.373. The van der Waals surface area contributed by atoms with E-state index in [1.807, 2.05) is 0 Å². The summed E-state index contributed by atoms with van der Waals surface area (Å²) >= 11 is 0. The summed E-state index contributed by atoms with van der Waals surface area (Å²) in [6, 6.07) is 5.18. The summed E-state index contributed by atoms with van der Waals surface area (Å²) in [5, 5.41) is 38.6. The van der Waals surface area contributed by atoms with Gasteiger partial charge in [-0.15, -0.1) is 0 Å². The van der Waals surface area contributed by atoms with Gasteiger partial charge in [0.05, 0.1) is 12.7 Å². The Bertz CT molecular complexity index is 972. The van der Waals surface area contributed by atoms with Crippen LogP contribution in [0.15, 0.2) is 39.7 Å². The average Bonchev–Trinajstić information content (AvgIpc) is 2.52. The maximum Gasteiger partial charge on any atom is 0.204 e. The topological polar surface area (TPSA) is 120 Å². The number of benzene rings is 2. The molecule has 7 nitrogen and oxygen atoms in total. The molecule has 0 aliphatic carbocycles. The number of rotatable bonds is 2. The summed E-state index contributed by atoms with van der Waals surface area (Å²) in [5.41, 5.74) is -0.542. The number of hydrogen-bond donors (Lipinski definition) is 4.